The van der Waals surface area contributed by atoms with Crippen molar-refractivity contribution >= 4 is 50.2 Å². The van der Waals surface area contributed by atoms with Crippen molar-refractivity contribution in [1.82, 2.24) is 9.55 Å². The third kappa shape index (κ3) is 2.16. The van der Waals surface area contributed by atoms with Gasteiger partial charge in [0.2, 0.25) is 0 Å². The van der Waals surface area contributed by atoms with Crippen LogP contribution in [0, 0.1) is 0 Å². The van der Waals surface area contributed by atoms with E-state index >= 15 is 0 Å². The molecule has 1 saturated heterocycles. The number of aromatic nitrogens is 2. The Morgan fingerprint density at radius 1 is 1.32 bits per heavy atom. The van der Waals surface area contributed by atoms with Crippen molar-refractivity contribution in [2.24, 2.45) is 0 Å². The molecule has 5 nitrogen and oxygen atoms in total. The van der Waals surface area contributed by atoms with E-state index in [1.165, 1.54) is 0 Å². The summed E-state index contributed by atoms with van der Waals surface area (Å²) < 4.78 is 7.51. The van der Waals surface area contributed by atoms with E-state index in [9.17, 15) is 10.2 Å². The lowest BCUT2D eigenvalue weighted by Gasteiger charge is -2.18. The summed E-state index contributed by atoms with van der Waals surface area (Å²) in [5.41, 5.74) is 1.29. The number of imidazole rings is 1. The van der Waals surface area contributed by atoms with E-state index in [0.717, 1.165) is 0 Å². The van der Waals surface area contributed by atoms with Gasteiger partial charge in [-0.2, -0.15) is 0 Å². The minimum absolute atomic E-state index is 0.0687. The van der Waals surface area contributed by atoms with Crippen molar-refractivity contribution in [1.29, 1.82) is 0 Å². The van der Waals surface area contributed by atoms with Crippen LogP contribution in [0.3, 0.4) is 0 Å². The van der Waals surface area contributed by atoms with Crippen LogP contribution in [-0.2, 0) is 4.74 Å². The first-order valence-corrected chi connectivity index (χ1v) is 7.04. The van der Waals surface area contributed by atoms with Gasteiger partial charge in [0.1, 0.15) is 12.2 Å². The van der Waals surface area contributed by atoms with E-state index < -0.39 is 18.4 Å². The van der Waals surface area contributed by atoms with Gasteiger partial charge in [0.05, 0.1) is 27.7 Å². The highest BCUT2D eigenvalue weighted by molar-refractivity contribution is 9.10. The number of aliphatic hydroxyl groups is 2. The van der Waals surface area contributed by atoms with E-state index in [4.69, 9.17) is 27.9 Å². The number of nitrogens with zero attached hydrogens (tertiary/aromatic N) is 2. The largest absolute Gasteiger partial charge is 0.388 e. The zero-order chi connectivity index (χ0) is 13.7. The molecule has 1 aliphatic heterocycles. The van der Waals surface area contributed by atoms with Crippen molar-refractivity contribution in [3.63, 3.8) is 0 Å². The molecule has 1 aromatic carbocycles. The Balaban J connectivity index is 2.18. The van der Waals surface area contributed by atoms with Crippen LogP contribution in [0.15, 0.2) is 16.9 Å². The molecule has 3 atom stereocenters. The lowest BCUT2D eigenvalue weighted by Crippen LogP contribution is -2.28. The standard InChI is InChI=1S/C11H9BrCl2N2O3/c12-11-15-6-1-4(13)5(14)2-7(6)16(11)10-9(18)8(17)3-19-10/h1-2,8-10,17-18H,3H2/t8-,9-,10-/m1/s1. The van der Waals surface area contributed by atoms with E-state index in [2.05, 4.69) is 20.9 Å². The van der Waals surface area contributed by atoms with Crippen LogP contribution in [0.5, 0.6) is 0 Å². The Hall–Kier alpha value is -0.370. The van der Waals surface area contributed by atoms with Crippen molar-refractivity contribution in [2.75, 3.05) is 6.61 Å². The summed E-state index contributed by atoms with van der Waals surface area (Å²) in [6.07, 6.45) is -2.66. The Morgan fingerprint density at radius 2 is 2.00 bits per heavy atom. The summed E-state index contributed by atoms with van der Waals surface area (Å²) in [5.74, 6) is 0. The maximum absolute atomic E-state index is 9.93. The second-order valence-corrected chi connectivity index (χ2v) is 5.81. The van der Waals surface area contributed by atoms with Crippen molar-refractivity contribution < 1.29 is 14.9 Å². The lowest BCUT2D eigenvalue weighted by molar-refractivity contribution is -0.0172. The van der Waals surface area contributed by atoms with Gasteiger partial charge in [-0.15, -0.1) is 0 Å². The molecule has 0 unspecified atom stereocenters. The Kier molecular flexibility index (Phi) is 3.49. The van der Waals surface area contributed by atoms with E-state index in [1.807, 2.05) is 0 Å². The van der Waals surface area contributed by atoms with Crippen molar-refractivity contribution in [3.05, 3.63) is 26.9 Å². The molecule has 8 heteroatoms. The summed E-state index contributed by atoms with van der Waals surface area (Å²) in [6.45, 7) is 0.0687. The maximum atomic E-state index is 9.93. The van der Waals surface area contributed by atoms with Crippen LogP contribution < -0.4 is 0 Å². The molecule has 0 saturated carbocycles. The van der Waals surface area contributed by atoms with Crippen LogP contribution in [-0.4, -0.2) is 38.6 Å². The number of hydrogen-bond acceptors (Lipinski definition) is 4. The molecule has 1 aromatic heterocycles. The topological polar surface area (TPSA) is 67.5 Å². The number of aliphatic hydroxyl groups excluding tert-OH is 2. The molecule has 1 aliphatic rings. The van der Waals surface area contributed by atoms with Crippen LogP contribution in [0.1, 0.15) is 6.23 Å². The molecule has 19 heavy (non-hydrogen) atoms. The van der Waals surface area contributed by atoms with Crippen LogP contribution in [0.2, 0.25) is 10.0 Å². The molecule has 102 valence electrons. The number of hydrogen-bond donors (Lipinski definition) is 2. The predicted octanol–water partition coefficient (Wildman–Crippen LogP) is 2.36. The number of fused-ring (bicyclic) bond motifs is 1. The first-order chi connectivity index (χ1) is 8.99. The van der Waals surface area contributed by atoms with Crippen LogP contribution >= 0.6 is 39.1 Å². The van der Waals surface area contributed by atoms with E-state index in [1.54, 1.807) is 16.7 Å². The highest BCUT2D eigenvalue weighted by atomic mass is 79.9. The van der Waals surface area contributed by atoms with E-state index in [0.29, 0.717) is 25.8 Å². The monoisotopic (exact) mass is 366 g/mol. The summed E-state index contributed by atoms with van der Waals surface area (Å²) in [6, 6.07) is 3.29. The lowest BCUT2D eigenvalue weighted by atomic mass is 10.2. The SMILES string of the molecule is O[C@@H]1[C@H](O)CO[C@H]1n1c(Br)nc2cc(Cl)c(Cl)cc21. The van der Waals surface area contributed by atoms with Crippen molar-refractivity contribution in [2.45, 2.75) is 18.4 Å². The van der Waals surface area contributed by atoms with E-state index in [-0.39, 0.29) is 6.61 Å². The smallest absolute Gasteiger partial charge is 0.180 e. The number of rotatable bonds is 1. The molecule has 0 amide bonds. The third-order valence-corrected chi connectivity index (χ3v) is 4.35. The second kappa shape index (κ2) is 4.87. The zero-order valence-electron chi connectivity index (χ0n) is 9.42. The average Bonchev–Trinajstić information content (AvgIpc) is 2.82. The van der Waals surface area contributed by atoms with Gasteiger partial charge < -0.3 is 14.9 Å². The second-order valence-electron chi connectivity index (χ2n) is 4.29. The first-order valence-electron chi connectivity index (χ1n) is 5.49. The zero-order valence-corrected chi connectivity index (χ0v) is 12.5. The highest BCUT2D eigenvalue weighted by Crippen LogP contribution is 2.35. The molecule has 1 fully saturated rings. The summed E-state index contributed by atoms with van der Waals surface area (Å²) in [4.78, 5) is 4.28. The molecule has 0 bridgehead atoms. The minimum Gasteiger partial charge on any atom is -0.388 e. The fourth-order valence-electron chi connectivity index (χ4n) is 2.11. The summed E-state index contributed by atoms with van der Waals surface area (Å²) in [5, 5.41) is 20.3. The molecule has 3 rings (SSSR count). The molecule has 2 aromatic rings. The molecule has 0 spiro atoms. The predicted molar refractivity (Wildman–Crippen MR) is 74.5 cm³/mol. The average molecular weight is 368 g/mol. The van der Waals surface area contributed by atoms with Gasteiger partial charge in [-0.3, -0.25) is 4.57 Å². The summed E-state index contributed by atoms with van der Waals surface area (Å²) >= 11 is 15.3. The normalized spacial score (nSPS) is 27.3. The van der Waals surface area contributed by atoms with Crippen LogP contribution in [0.25, 0.3) is 11.0 Å². The fraction of sp³-hybridized carbons (Fsp3) is 0.364. The summed E-state index contributed by atoms with van der Waals surface area (Å²) in [7, 11) is 0. The number of halogens is 3. The number of benzene rings is 1. The Labute approximate surface area is 126 Å². The van der Waals surface area contributed by atoms with Gasteiger partial charge in [0.15, 0.2) is 11.0 Å². The van der Waals surface area contributed by atoms with Gasteiger partial charge in [-0.25, -0.2) is 4.98 Å². The van der Waals surface area contributed by atoms with Crippen LogP contribution in [0.4, 0.5) is 0 Å². The molecular formula is C11H9BrCl2N2O3. The fourth-order valence-corrected chi connectivity index (χ4v) is 3.01. The Bertz CT molecular complexity index is 648. The minimum atomic E-state index is -1.02. The third-order valence-electron chi connectivity index (χ3n) is 3.07. The van der Waals surface area contributed by atoms with Gasteiger partial charge in [0.25, 0.3) is 0 Å². The quantitative estimate of drug-likeness (QED) is 0.811. The molecule has 0 aliphatic carbocycles. The van der Waals surface area contributed by atoms with Gasteiger partial charge in [0, 0.05) is 0 Å². The Morgan fingerprint density at radius 3 is 2.63 bits per heavy atom. The maximum Gasteiger partial charge on any atom is 0.180 e. The molecule has 2 heterocycles. The molecular weight excluding hydrogens is 359 g/mol. The molecule has 2 N–H and O–H groups in total. The number of ether oxygens (including phenoxy) is 1. The first kappa shape index (κ1) is 13.6. The van der Waals surface area contributed by atoms with Crippen molar-refractivity contribution in [3.8, 4) is 0 Å². The molecule has 0 radical (unpaired) electrons. The highest BCUT2D eigenvalue weighted by Gasteiger charge is 2.37. The van der Waals surface area contributed by atoms with Gasteiger partial charge >= 0.3 is 0 Å². The van der Waals surface area contributed by atoms with Gasteiger partial charge in [-0.05, 0) is 28.1 Å². The van der Waals surface area contributed by atoms with Gasteiger partial charge in [-0.1, -0.05) is 23.2 Å².